The molecule has 0 aliphatic rings. The van der Waals surface area contributed by atoms with Crippen LogP contribution in [-0.4, -0.2) is 16.1 Å². The molecule has 48 valence electrons. The van der Waals surface area contributed by atoms with Crippen LogP contribution < -0.4 is 5.73 Å². The summed E-state index contributed by atoms with van der Waals surface area (Å²) in [6.45, 7) is 0. The Bertz CT molecular complexity index is 235. The number of carbonyl (C=O) groups is 1. The number of primary amides is 1. The van der Waals surface area contributed by atoms with Gasteiger partial charge in [-0.2, -0.15) is 0 Å². The number of nitrogens with zero attached hydrogens (tertiary/aromatic N) is 2. The van der Waals surface area contributed by atoms with Gasteiger partial charge in [0.2, 0.25) is 5.01 Å². The third-order valence-electron chi connectivity index (χ3n) is 0.611. The number of halogens is 1. The zero-order valence-electron chi connectivity index (χ0n) is 4.17. The highest BCUT2D eigenvalue weighted by atomic mass is 127. The molecule has 0 bridgehead atoms. The largest absolute Gasteiger partial charge is 0.363 e. The lowest BCUT2D eigenvalue weighted by atomic mass is 10.7. The van der Waals surface area contributed by atoms with Gasteiger partial charge >= 0.3 is 0 Å². The van der Waals surface area contributed by atoms with Gasteiger partial charge in [0.25, 0.3) is 5.91 Å². The third kappa shape index (κ3) is 1.58. The standard InChI is InChI=1S/C3H2IN3OS/c4-3-7-6-2(9-3)1(5)8/h(H2,5,8). The van der Waals surface area contributed by atoms with Crippen molar-refractivity contribution < 1.29 is 4.79 Å². The van der Waals surface area contributed by atoms with Gasteiger partial charge < -0.3 is 5.73 Å². The van der Waals surface area contributed by atoms with Gasteiger partial charge in [0.1, 0.15) is 0 Å². The van der Waals surface area contributed by atoms with Gasteiger partial charge in [0.05, 0.1) is 0 Å². The molecule has 9 heavy (non-hydrogen) atoms. The van der Waals surface area contributed by atoms with E-state index in [0.29, 0.717) is 0 Å². The zero-order valence-corrected chi connectivity index (χ0v) is 7.14. The predicted molar refractivity (Wildman–Crippen MR) is 41.1 cm³/mol. The molecule has 0 atom stereocenters. The molecule has 1 rings (SSSR count). The number of aromatic nitrogens is 2. The molecule has 4 nitrogen and oxygen atoms in total. The van der Waals surface area contributed by atoms with E-state index in [1.165, 1.54) is 11.3 Å². The summed E-state index contributed by atoms with van der Waals surface area (Å²) in [7, 11) is 0. The summed E-state index contributed by atoms with van der Waals surface area (Å²) < 4.78 is 0.724. The van der Waals surface area contributed by atoms with E-state index in [1.807, 2.05) is 22.6 Å². The van der Waals surface area contributed by atoms with Crippen LogP contribution >= 0.6 is 33.9 Å². The first kappa shape index (κ1) is 6.87. The summed E-state index contributed by atoms with van der Waals surface area (Å²) >= 11 is 3.16. The van der Waals surface area contributed by atoms with Gasteiger partial charge in [-0.25, -0.2) is 0 Å². The number of rotatable bonds is 1. The molecule has 1 amide bonds. The maximum atomic E-state index is 10.3. The van der Waals surface area contributed by atoms with Gasteiger partial charge in [-0.15, -0.1) is 10.2 Å². The van der Waals surface area contributed by atoms with Crippen molar-refractivity contribution in [3.63, 3.8) is 0 Å². The van der Waals surface area contributed by atoms with Gasteiger partial charge in [0, 0.05) is 0 Å². The van der Waals surface area contributed by atoms with Gasteiger partial charge in [-0.3, -0.25) is 4.79 Å². The molecule has 1 aromatic rings. The first-order valence-electron chi connectivity index (χ1n) is 1.99. The fraction of sp³-hybridized carbons (Fsp3) is 0. The number of nitrogens with two attached hydrogens (primary N) is 1. The number of carbonyl (C=O) groups excluding carboxylic acids is 1. The smallest absolute Gasteiger partial charge is 0.279 e. The molecule has 1 aromatic heterocycles. The second-order valence-corrected chi connectivity index (χ2v) is 3.96. The van der Waals surface area contributed by atoms with Crippen molar-refractivity contribution in [3.05, 3.63) is 8.02 Å². The van der Waals surface area contributed by atoms with E-state index < -0.39 is 5.91 Å². The summed E-state index contributed by atoms with van der Waals surface area (Å²) in [5.41, 5.74) is 4.89. The Labute approximate surface area is 68.6 Å². The minimum Gasteiger partial charge on any atom is -0.363 e. The predicted octanol–water partition coefficient (Wildman–Crippen LogP) is 0.242. The van der Waals surface area contributed by atoms with Crippen molar-refractivity contribution in [1.29, 1.82) is 0 Å². The van der Waals surface area contributed by atoms with E-state index in [-0.39, 0.29) is 5.01 Å². The van der Waals surface area contributed by atoms with E-state index in [9.17, 15) is 4.79 Å². The molecular formula is C3H2IN3OS. The highest BCUT2D eigenvalue weighted by molar-refractivity contribution is 14.1. The van der Waals surface area contributed by atoms with Crippen LogP contribution in [-0.2, 0) is 0 Å². The maximum absolute atomic E-state index is 10.3. The molecule has 0 aliphatic carbocycles. The van der Waals surface area contributed by atoms with Crippen LogP contribution in [0.1, 0.15) is 9.80 Å². The molecule has 2 N–H and O–H groups in total. The lowest BCUT2D eigenvalue weighted by Crippen LogP contribution is -2.10. The van der Waals surface area contributed by atoms with Crippen molar-refractivity contribution >= 4 is 39.8 Å². The van der Waals surface area contributed by atoms with Crippen LogP contribution in [0.2, 0.25) is 0 Å². The Balaban J connectivity index is 2.98. The van der Waals surface area contributed by atoms with Crippen LogP contribution in [0, 0.1) is 3.01 Å². The average molecular weight is 255 g/mol. The van der Waals surface area contributed by atoms with Gasteiger partial charge in [0.15, 0.2) is 3.01 Å². The van der Waals surface area contributed by atoms with Crippen LogP contribution in [0.25, 0.3) is 0 Å². The molecule has 0 fully saturated rings. The van der Waals surface area contributed by atoms with Crippen molar-refractivity contribution in [2.24, 2.45) is 5.73 Å². The van der Waals surface area contributed by atoms with Crippen LogP contribution in [0.3, 0.4) is 0 Å². The number of hydrogen-bond donors (Lipinski definition) is 1. The Morgan fingerprint density at radius 1 is 1.67 bits per heavy atom. The molecule has 0 radical (unpaired) electrons. The average Bonchev–Trinajstić information content (AvgIpc) is 2.14. The Hall–Kier alpha value is -0.240. The van der Waals surface area contributed by atoms with Crippen molar-refractivity contribution in [1.82, 2.24) is 10.2 Å². The Kier molecular flexibility index (Phi) is 1.96. The van der Waals surface area contributed by atoms with Gasteiger partial charge in [-0.1, -0.05) is 11.3 Å². The second kappa shape index (κ2) is 2.56. The fourth-order valence-electron chi connectivity index (χ4n) is 0.305. The molecule has 1 heterocycles. The maximum Gasteiger partial charge on any atom is 0.279 e. The summed E-state index contributed by atoms with van der Waals surface area (Å²) in [6.07, 6.45) is 0. The van der Waals surface area contributed by atoms with E-state index in [2.05, 4.69) is 10.2 Å². The van der Waals surface area contributed by atoms with E-state index in [1.54, 1.807) is 0 Å². The second-order valence-electron chi connectivity index (χ2n) is 1.22. The minimum absolute atomic E-state index is 0.263. The highest BCUT2D eigenvalue weighted by Crippen LogP contribution is 2.10. The Morgan fingerprint density at radius 3 is 2.56 bits per heavy atom. The molecule has 6 heteroatoms. The summed E-state index contributed by atoms with van der Waals surface area (Å²) in [6, 6.07) is 0. The number of hydrogen-bond acceptors (Lipinski definition) is 4. The SMILES string of the molecule is NC(=O)c1nnc(I)s1. The minimum atomic E-state index is -0.518. The van der Waals surface area contributed by atoms with Crippen LogP contribution in [0.4, 0.5) is 0 Å². The monoisotopic (exact) mass is 255 g/mol. The van der Waals surface area contributed by atoms with E-state index in [0.717, 1.165) is 3.01 Å². The lowest BCUT2D eigenvalue weighted by molar-refractivity contribution is 0.0999. The molecule has 0 aromatic carbocycles. The zero-order chi connectivity index (χ0) is 6.85. The lowest BCUT2D eigenvalue weighted by Gasteiger charge is -1.77. The normalized spacial score (nSPS) is 9.44. The van der Waals surface area contributed by atoms with Crippen molar-refractivity contribution in [2.75, 3.05) is 0 Å². The molecule has 0 aliphatic heterocycles. The van der Waals surface area contributed by atoms with E-state index in [4.69, 9.17) is 5.73 Å². The molecular weight excluding hydrogens is 253 g/mol. The summed E-state index contributed by atoms with van der Waals surface area (Å²) in [5.74, 6) is -0.518. The summed E-state index contributed by atoms with van der Waals surface area (Å²) in [4.78, 5) is 10.3. The first-order valence-corrected chi connectivity index (χ1v) is 3.88. The number of amides is 1. The topological polar surface area (TPSA) is 68.9 Å². The van der Waals surface area contributed by atoms with Crippen molar-refractivity contribution in [2.45, 2.75) is 0 Å². The highest BCUT2D eigenvalue weighted by Gasteiger charge is 2.05. The summed E-state index contributed by atoms with van der Waals surface area (Å²) in [5, 5.41) is 7.36. The molecule has 0 spiro atoms. The fourth-order valence-corrected chi connectivity index (χ4v) is 1.46. The Morgan fingerprint density at radius 2 is 2.33 bits per heavy atom. The van der Waals surface area contributed by atoms with Crippen LogP contribution in [0.5, 0.6) is 0 Å². The van der Waals surface area contributed by atoms with E-state index >= 15 is 0 Å². The third-order valence-corrected chi connectivity index (χ3v) is 2.21. The first-order chi connectivity index (χ1) is 4.20. The quantitative estimate of drug-likeness (QED) is 0.731. The molecule has 0 unspecified atom stereocenters. The molecule has 0 saturated heterocycles. The van der Waals surface area contributed by atoms with Gasteiger partial charge in [-0.05, 0) is 22.6 Å². The van der Waals surface area contributed by atoms with Crippen molar-refractivity contribution in [3.8, 4) is 0 Å². The molecule has 0 saturated carbocycles. The van der Waals surface area contributed by atoms with Crippen LogP contribution in [0.15, 0.2) is 0 Å².